The molecule has 3 bridgehead atoms. The average molecular weight is 477 g/mol. The van der Waals surface area contributed by atoms with Crippen molar-refractivity contribution in [3.8, 4) is 0 Å². The van der Waals surface area contributed by atoms with Crippen LogP contribution in [0.5, 0.6) is 0 Å². The third kappa shape index (κ3) is 4.30. The lowest BCUT2D eigenvalue weighted by molar-refractivity contribution is -0.450. The maximum Gasteiger partial charge on any atom is 0.242 e. The lowest BCUT2D eigenvalue weighted by Crippen LogP contribution is -2.83. The van der Waals surface area contributed by atoms with E-state index in [9.17, 15) is 0 Å². The molecule has 1 saturated carbocycles. The van der Waals surface area contributed by atoms with E-state index in [0.717, 1.165) is 22.3 Å². The molecule has 2 saturated heterocycles. The minimum absolute atomic E-state index is 0.0532. The van der Waals surface area contributed by atoms with Gasteiger partial charge in [-0.1, -0.05) is 84.9 Å². The van der Waals surface area contributed by atoms with E-state index in [1.807, 2.05) is 84.9 Å². The zero-order valence-corrected chi connectivity index (χ0v) is 19.5. The molecule has 3 aromatic carbocycles. The molecule has 182 valence electrons. The van der Waals surface area contributed by atoms with E-state index in [0.29, 0.717) is 19.8 Å². The Hall–Kier alpha value is -2.61. The van der Waals surface area contributed by atoms with Gasteiger partial charge >= 0.3 is 0 Å². The van der Waals surface area contributed by atoms with Gasteiger partial charge in [-0.3, -0.25) is 0 Å². The van der Waals surface area contributed by atoms with Crippen molar-refractivity contribution in [2.75, 3.05) is 6.61 Å². The normalized spacial score (nSPS) is 31.7. The van der Waals surface area contributed by atoms with Crippen LogP contribution in [0.4, 0.5) is 4.39 Å². The number of ether oxygens (including phenoxy) is 5. The van der Waals surface area contributed by atoms with Crippen molar-refractivity contribution in [3.63, 3.8) is 0 Å². The summed E-state index contributed by atoms with van der Waals surface area (Å²) in [6.45, 7) is 1.55. The molecule has 6 heteroatoms. The molecular weight excluding hydrogens is 447 g/mol. The molecule has 1 aliphatic carbocycles. The largest absolute Gasteiger partial charge is 0.374 e. The van der Waals surface area contributed by atoms with Gasteiger partial charge in [-0.25, -0.2) is 4.39 Å². The van der Waals surface area contributed by atoms with Crippen molar-refractivity contribution >= 4 is 0 Å². The summed E-state index contributed by atoms with van der Waals surface area (Å²) in [7, 11) is 0. The number of benzene rings is 3. The second-order valence-electron chi connectivity index (χ2n) is 9.54. The molecule has 0 amide bonds. The predicted molar refractivity (Wildman–Crippen MR) is 127 cm³/mol. The second-order valence-corrected chi connectivity index (χ2v) is 9.54. The molecule has 4 unspecified atom stereocenters. The summed E-state index contributed by atoms with van der Waals surface area (Å²) < 4.78 is 47.3. The van der Waals surface area contributed by atoms with E-state index in [-0.39, 0.29) is 19.6 Å². The van der Waals surface area contributed by atoms with Gasteiger partial charge in [-0.05, 0) is 22.3 Å². The lowest BCUT2D eigenvalue weighted by atomic mass is 9.64. The molecule has 0 radical (unpaired) electrons. The van der Waals surface area contributed by atoms with Crippen molar-refractivity contribution in [1.82, 2.24) is 0 Å². The molecule has 5 atom stereocenters. The number of hydrogen-bond acceptors (Lipinski definition) is 5. The first-order valence-corrected chi connectivity index (χ1v) is 12.1. The van der Waals surface area contributed by atoms with Gasteiger partial charge in [0.15, 0.2) is 0 Å². The molecular formula is C29H29FO5. The van der Waals surface area contributed by atoms with Crippen LogP contribution < -0.4 is 0 Å². The van der Waals surface area contributed by atoms with E-state index in [1.54, 1.807) is 0 Å². The summed E-state index contributed by atoms with van der Waals surface area (Å²) in [6.07, 6.45) is -2.03. The first-order valence-electron chi connectivity index (χ1n) is 12.1. The van der Waals surface area contributed by atoms with Gasteiger partial charge in [0.25, 0.3) is 0 Å². The highest BCUT2D eigenvalue weighted by Crippen LogP contribution is 2.58. The van der Waals surface area contributed by atoms with E-state index in [1.165, 1.54) is 0 Å². The summed E-state index contributed by atoms with van der Waals surface area (Å²) in [6, 6.07) is 27.7. The maximum atomic E-state index is 16.1. The Morgan fingerprint density at radius 1 is 0.771 bits per heavy atom. The molecule has 7 rings (SSSR count). The zero-order chi connectivity index (χ0) is 23.7. The van der Waals surface area contributed by atoms with Crippen LogP contribution in [0, 0.1) is 0 Å². The van der Waals surface area contributed by atoms with Crippen LogP contribution in [0.1, 0.15) is 28.7 Å². The lowest BCUT2D eigenvalue weighted by Gasteiger charge is -2.65. The Kier molecular flexibility index (Phi) is 6.16. The quantitative estimate of drug-likeness (QED) is 0.495. The van der Waals surface area contributed by atoms with Gasteiger partial charge in [-0.2, -0.15) is 0 Å². The van der Waals surface area contributed by atoms with Crippen molar-refractivity contribution in [2.45, 2.75) is 62.6 Å². The SMILES string of the molecule is FC12CC3(OCc4ccccc4COCC(O1)[C@H]3OCc1ccccc1)C2OCc1ccccc1. The molecule has 3 aliphatic heterocycles. The molecule has 1 spiro atoms. The third-order valence-corrected chi connectivity index (χ3v) is 7.21. The van der Waals surface area contributed by atoms with Crippen molar-refractivity contribution in [2.24, 2.45) is 0 Å². The third-order valence-electron chi connectivity index (χ3n) is 7.21. The van der Waals surface area contributed by atoms with Gasteiger partial charge in [0, 0.05) is 6.42 Å². The monoisotopic (exact) mass is 476 g/mol. The second kappa shape index (κ2) is 9.45. The van der Waals surface area contributed by atoms with Crippen molar-refractivity contribution in [3.05, 3.63) is 107 Å². The molecule has 5 nitrogen and oxygen atoms in total. The highest BCUT2D eigenvalue weighted by atomic mass is 19.2. The van der Waals surface area contributed by atoms with E-state index in [2.05, 4.69) is 0 Å². The minimum Gasteiger partial charge on any atom is -0.374 e. The summed E-state index contributed by atoms with van der Waals surface area (Å²) in [5, 5.41) is 0. The van der Waals surface area contributed by atoms with Gasteiger partial charge in [0.2, 0.25) is 5.85 Å². The van der Waals surface area contributed by atoms with Gasteiger partial charge in [0.05, 0.1) is 33.0 Å². The van der Waals surface area contributed by atoms with Crippen LogP contribution in [-0.4, -0.2) is 36.4 Å². The summed E-state index contributed by atoms with van der Waals surface area (Å²) >= 11 is 0. The molecule has 35 heavy (non-hydrogen) atoms. The van der Waals surface area contributed by atoms with Crippen LogP contribution in [0.15, 0.2) is 84.9 Å². The first kappa shape index (κ1) is 22.8. The summed E-state index contributed by atoms with van der Waals surface area (Å²) in [5.41, 5.74) is 3.07. The fraction of sp³-hybridized carbons (Fsp3) is 0.379. The maximum absolute atomic E-state index is 16.1. The summed E-state index contributed by atoms with van der Waals surface area (Å²) in [5.74, 6) is -1.95. The number of rotatable bonds is 6. The van der Waals surface area contributed by atoms with Gasteiger partial charge < -0.3 is 23.7 Å². The van der Waals surface area contributed by atoms with Crippen LogP contribution in [0.3, 0.4) is 0 Å². The number of halogens is 1. The molecule has 3 fully saturated rings. The summed E-state index contributed by atoms with van der Waals surface area (Å²) in [4.78, 5) is 0. The zero-order valence-electron chi connectivity index (χ0n) is 19.5. The Morgan fingerprint density at radius 3 is 2.06 bits per heavy atom. The molecule has 3 aromatic rings. The molecule has 4 aliphatic rings. The van der Waals surface area contributed by atoms with Crippen LogP contribution in [0.25, 0.3) is 0 Å². The highest BCUT2D eigenvalue weighted by molar-refractivity contribution is 5.28. The Morgan fingerprint density at radius 2 is 1.37 bits per heavy atom. The fourth-order valence-corrected chi connectivity index (χ4v) is 5.47. The van der Waals surface area contributed by atoms with E-state index < -0.39 is 29.8 Å². The van der Waals surface area contributed by atoms with Gasteiger partial charge in [0.1, 0.15) is 23.9 Å². The van der Waals surface area contributed by atoms with Crippen LogP contribution in [-0.2, 0) is 50.1 Å². The average Bonchev–Trinajstić information content (AvgIpc) is 2.88. The van der Waals surface area contributed by atoms with Crippen LogP contribution in [0.2, 0.25) is 0 Å². The van der Waals surface area contributed by atoms with E-state index >= 15 is 4.39 Å². The Balaban J connectivity index is 1.32. The standard InChI is InChI=1S/C29H29FO5/c30-29-20-28(27(29)33-16-22-11-5-2-6-12-22)26(32-15-21-9-3-1-4-10-21)25(35-29)19-31-17-23-13-7-8-14-24(23)18-34-28/h1-14,25-27H,15-20H2/t25?,26-,27?,28?,29?/m1/s1. The van der Waals surface area contributed by atoms with Crippen LogP contribution >= 0.6 is 0 Å². The highest BCUT2D eigenvalue weighted by Gasteiger charge is 2.77. The van der Waals surface area contributed by atoms with Gasteiger partial charge in [-0.15, -0.1) is 0 Å². The molecule has 0 aromatic heterocycles. The predicted octanol–water partition coefficient (Wildman–Crippen LogP) is 5.11. The van der Waals surface area contributed by atoms with Crippen molar-refractivity contribution < 1.29 is 28.1 Å². The number of fused-ring (bicyclic) bond motifs is 1. The smallest absolute Gasteiger partial charge is 0.242 e. The van der Waals surface area contributed by atoms with E-state index in [4.69, 9.17) is 23.7 Å². The Labute approximate surface area is 204 Å². The number of hydrogen-bond donors (Lipinski definition) is 0. The Bertz CT molecular complexity index is 1140. The topological polar surface area (TPSA) is 46.2 Å². The molecule has 3 heterocycles. The molecule has 0 N–H and O–H groups in total. The van der Waals surface area contributed by atoms with Crippen molar-refractivity contribution in [1.29, 1.82) is 0 Å². The minimum atomic E-state index is -1.95. The fourth-order valence-electron chi connectivity index (χ4n) is 5.47. The number of alkyl halides is 1. The first-order chi connectivity index (χ1) is 17.2.